The van der Waals surface area contributed by atoms with E-state index in [1.54, 1.807) is 18.2 Å². The van der Waals surface area contributed by atoms with Gasteiger partial charge in [0.1, 0.15) is 0 Å². The van der Waals surface area contributed by atoms with Crippen LogP contribution in [0.2, 0.25) is 5.02 Å². The number of carboxylic acid groups (broad SMARTS) is 1. The lowest BCUT2D eigenvalue weighted by molar-refractivity contribution is -0.131. The van der Waals surface area contributed by atoms with E-state index in [0.717, 1.165) is 17.7 Å². The van der Waals surface area contributed by atoms with Crippen LogP contribution in [0.4, 0.5) is 0 Å². The van der Waals surface area contributed by atoms with Crippen molar-refractivity contribution in [1.82, 2.24) is 0 Å². The van der Waals surface area contributed by atoms with Gasteiger partial charge in [-0.05, 0) is 30.7 Å². The van der Waals surface area contributed by atoms with Crippen LogP contribution < -0.4 is 0 Å². The highest BCUT2D eigenvalue weighted by atomic mass is 35.5. The Kier molecular flexibility index (Phi) is 3.63. The van der Waals surface area contributed by atoms with Crippen LogP contribution in [0.15, 0.2) is 30.4 Å². The summed E-state index contributed by atoms with van der Waals surface area (Å²) in [5, 5.41) is 8.68. The molecule has 0 saturated carbocycles. The van der Waals surface area contributed by atoms with Crippen LogP contribution in [0.5, 0.6) is 0 Å². The number of carbonyl (C=O) groups excluding carboxylic acids is 1. The Morgan fingerprint density at radius 2 is 2.00 bits per heavy atom. The van der Waals surface area contributed by atoms with Gasteiger partial charge in [-0.25, -0.2) is 4.79 Å². The van der Waals surface area contributed by atoms with Gasteiger partial charge in [-0.15, -0.1) is 0 Å². The van der Waals surface area contributed by atoms with Crippen LogP contribution in [0, 0.1) is 6.92 Å². The van der Waals surface area contributed by atoms with Gasteiger partial charge in [-0.2, -0.15) is 0 Å². The third-order valence-corrected chi connectivity index (χ3v) is 2.08. The van der Waals surface area contributed by atoms with Crippen molar-refractivity contribution < 1.29 is 14.7 Å². The summed E-state index contributed by atoms with van der Waals surface area (Å²) in [5.74, 6) is -1.58. The van der Waals surface area contributed by atoms with Crippen LogP contribution in [0.1, 0.15) is 15.9 Å². The quantitative estimate of drug-likeness (QED) is 0.634. The van der Waals surface area contributed by atoms with Gasteiger partial charge in [0, 0.05) is 11.6 Å². The maximum Gasteiger partial charge on any atom is 0.328 e. The fourth-order valence-corrected chi connectivity index (χ4v) is 1.38. The van der Waals surface area contributed by atoms with Gasteiger partial charge in [-0.3, -0.25) is 4.79 Å². The summed E-state index contributed by atoms with van der Waals surface area (Å²) in [4.78, 5) is 21.6. The number of aliphatic carboxylic acids is 1. The molecule has 0 unspecified atom stereocenters. The molecule has 4 heteroatoms. The van der Waals surface area contributed by atoms with Gasteiger partial charge in [-0.1, -0.05) is 17.7 Å². The smallest absolute Gasteiger partial charge is 0.328 e. The predicted octanol–water partition coefficient (Wildman–Crippen LogP) is 2.47. The molecule has 0 bridgehead atoms. The molecule has 0 aliphatic carbocycles. The first kappa shape index (κ1) is 11.5. The topological polar surface area (TPSA) is 54.4 Å². The second-order valence-electron chi connectivity index (χ2n) is 3.02. The highest BCUT2D eigenvalue weighted by Crippen LogP contribution is 2.18. The molecule has 1 rings (SSSR count). The Morgan fingerprint density at radius 1 is 1.33 bits per heavy atom. The number of carboxylic acids is 1. The maximum absolute atomic E-state index is 11.4. The SMILES string of the molecule is Cc1ccc(C(=O)/C=C/C(=O)O)c(Cl)c1. The molecule has 0 atom stereocenters. The molecule has 0 aromatic heterocycles. The molecule has 1 aromatic carbocycles. The molecular weight excluding hydrogens is 216 g/mol. The average molecular weight is 225 g/mol. The van der Waals surface area contributed by atoms with Crippen molar-refractivity contribution in [1.29, 1.82) is 0 Å². The van der Waals surface area contributed by atoms with E-state index >= 15 is 0 Å². The zero-order valence-electron chi connectivity index (χ0n) is 8.03. The Bertz CT molecular complexity index is 435. The molecule has 0 saturated heterocycles. The lowest BCUT2D eigenvalue weighted by Gasteiger charge is -2.00. The molecule has 0 aliphatic heterocycles. The van der Waals surface area contributed by atoms with Crippen molar-refractivity contribution in [2.45, 2.75) is 6.92 Å². The standard InChI is InChI=1S/C11H9ClO3/c1-7-2-3-8(9(12)6-7)10(13)4-5-11(14)15/h2-6H,1H3,(H,14,15)/b5-4+. The summed E-state index contributed by atoms with van der Waals surface area (Å²) in [6.45, 7) is 1.85. The molecule has 1 N–H and O–H groups in total. The minimum absolute atomic E-state index is 0.305. The van der Waals surface area contributed by atoms with E-state index in [1.807, 2.05) is 6.92 Å². The predicted molar refractivity (Wildman–Crippen MR) is 57.3 cm³/mol. The van der Waals surface area contributed by atoms with Gasteiger partial charge in [0.25, 0.3) is 0 Å². The van der Waals surface area contributed by atoms with E-state index < -0.39 is 11.8 Å². The molecule has 0 amide bonds. The first-order valence-electron chi connectivity index (χ1n) is 4.22. The summed E-state index contributed by atoms with van der Waals surface area (Å²) < 4.78 is 0. The monoisotopic (exact) mass is 224 g/mol. The summed E-state index contributed by atoms with van der Waals surface area (Å²) in [6, 6.07) is 4.98. The third-order valence-electron chi connectivity index (χ3n) is 1.77. The van der Waals surface area contributed by atoms with Gasteiger partial charge in [0.15, 0.2) is 5.78 Å². The van der Waals surface area contributed by atoms with Crippen molar-refractivity contribution in [2.24, 2.45) is 0 Å². The molecule has 0 heterocycles. The highest BCUT2D eigenvalue weighted by molar-refractivity contribution is 6.34. The number of rotatable bonds is 3. The van der Waals surface area contributed by atoms with E-state index in [9.17, 15) is 9.59 Å². The maximum atomic E-state index is 11.4. The molecule has 0 spiro atoms. The number of halogens is 1. The Morgan fingerprint density at radius 3 is 2.53 bits per heavy atom. The molecule has 3 nitrogen and oxygen atoms in total. The van der Waals surface area contributed by atoms with Crippen LogP contribution in [-0.4, -0.2) is 16.9 Å². The number of hydrogen-bond acceptors (Lipinski definition) is 2. The van der Waals surface area contributed by atoms with Gasteiger partial charge in [0.2, 0.25) is 0 Å². The largest absolute Gasteiger partial charge is 0.478 e. The Hall–Kier alpha value is -1.61. The van der Waals surface area contributed by atoms with Crippen molar-refractivity contribution in [2.75, 3.05) is 0 Å². The lowest BCUT2D eigenvalue weighted by Crippen LogP contribution is -1.97. The molecule has 0 fully saturated rings. The number of hydrogen-bond donors (Lipinski definition) is 1. The van der Waals surface area contributed by atoms with Crippen molar-refractivity contribution in [3.05, 3.63) is 46.5 Å². The van der Waals surface area contributed by atoms with Crippen LogP contribution in [0.3, 0.4) is 0 Å². The summed E-state index contributed by atoms with van der Waals surface area (Å²) in [7, 11) is 0. The van der Waals surface area contributed by atoms with E-state index in [1.165, 1.54) is 0 Å². The molecule has 1 aromatic rings. The van der Waals surface area contributed by atoms with Crippen LogP contribution in [0.25, 0.3) is 0 Å². The zero-order chi connectivity index (χ0) is 11.4. The Balaban J connectivity index is 2.97. The van der Waals surface area contributed by atoms with E-state index in [0.29, 0.717) is 10.6 Å². The van der Waals surface area contributed by atoms with Gasteiger partial charge < -0.3 is 5.11 Å². The van der Waals surface area contributed by atoms with Crippen LogP contribution >= 0.6 is 11.6 Å². The minimum atomic E-state index is -1.16. The molecule has 78 valence electrons. The normalized spacial score (nSPS) is 10.5. The fraction of sp³-hybridized carbons (Fsp3) is 0.0909. The average Bonchev–Trinajstić information content (AvgIpc) is 2.14. The molecule has 15 heavy (non-hydrogen) atoms. The number of benzene rings is 1. The number of aryl methyl sites for hydroxylation is 1. The summed E-state index contributed by atoms with van der Waals surface area (Å²) in [5.41, 5.74) is 1.25. The molecule has 0 radical (unpaired) electrons. The Labute approximate surface area is 92.0 Å². The van der Waals surface area contributed by atoms with Gasteiger partial charge in [0.05, 0.1) is 5.02 Å². The second kappa shape index (κ2) is 4.75. The van der Waals surface area contributed by atoms with Crippen LogP contribution in [-0.2, 0) is 4.79 Å². The van der Waals surface area contributed by atoms with Crippen molar-refractivity contribution >= 4 is 23.4 Å². The van der Waals surface area contributed by atoms with E-state index in [-0.39, 0.29) is 0 Å². The lowest BCUT2D eigenvalue weighted by atomic mass is 10.1. The number of allylic oxidation sites excluding steroid dienone is 1. The van der Waals surface area contributed by atoms with Crippen molar-refractivity contribution in [3.63, 3.8) is 0 Å². The van der Waals surface area contributed by atoms with Gasteiger partial charge >= 0.3 is 5.97 Å². The third kappa shape index (κ3) is 3.22. The summed E-state index contributed by atoms with van der Waals surface area (Å²) >= 11 is 5.84. The molecular formula is C11H9ClO3. The first-order chi connectivity index (χ1) is 7.00. The number of carbonyl (C=O) groups is 2. The second-order valence-corrected chi connectivity index (χ2v) is 3.43. The fourth-order valence-electron chi connectivity index (χ4n) is 1.06. The number of ketones is 1. The highest BCUT2D eigenvalue weighted by Gasteiger charge is 2.07. The minimum Gasteiger partial charge on any atom is -0.478 e. The molecule has 0 aliphatic rings. The summed E-state index contributed by atoms with van der Waals surface area (Å²) in [6.07, 6.45) is 1.78. The van der Waals surface area contributed by atoms with E-state index in [4.69, 9.17) is 16.7 Å². The van der Waals surface area contributed by atoms with E-state index in [2.05, 4.69) is 0 Å². The van der Waals surface area contributed by atoms with Crippen molar-refractivity contribution in [3.8, 4) is 0 Å². The first-order valence-corrected chi connectivity index (χ1v) is 4.60. The zero-order valence-corrected chi connectivity index (χ0v) is 8.78.